The van der Waals surface area contributed by atoms with Gasteiger partial charge in [-0.25, -0.2) is 0 Å². The fourth-order valence-corrected chi connectivity index (χ4v) is 4.49. The highest BCUT2D eigenvalue weighted by atomic mass is 32.2. The Kier molecular flexibility index (Phi) is 4.51. The monoisotopic (exact) mass is 314 g/mol. The summed E-state index contributed by atoms with van der Waals surface area (Å²) in [6, 6.07) is 23.7. The summed E-state index contributed by atoms with van der Waals surface area (Å²) in [5, 5.41) is 0. The average Bonchev–Trinajstić information content (AvgIpc) is 2.97. The minimum absolute atomic E-state index is 1.29. The minimum Gasteiger partial charge on any atom is -0.130 e. The second kappa shape index (κ2) is 6.53. The van der Waals surface area contributed by atoms with Crippen LogP contribution in [0.2, 0.25) is 0 Å². The molecule has 0 amide bonds. The molecule has 1 aromatic heterocycles. The Morgan fingerprint density at radius 3 is 2.40 bits per heavy atom. The van der Waals surface area contributed by atoms with Crippen molar-refractivity contribution in [1.29, 1.82) is 0 Å². The molecule has 3 aromatic rings. The molecule has 0 fully saturated rings. The topological polar surface area (TPSA) is 0 Å². The molecule has 0 spiro atoms. The molecule has 0 saturated carbocycles. The smallest absolute Gasteiger partial charge is 0.0652 e. The SMILES string of the molecule is CSc1cccc(-c2ccc(Sc3ccccc3)s2)c1. The van der Waals surface area contributed by atoms with E-state index in [9.17, 15) is 0 Å². The van der Waals surface area contributed by atoms with E-state index in [4.69, 9.17) is 0 Å². The molecular formula is C17H14S3. The lowest BCUT2D eigenvalue weighted by Gasteiger charge is -2.00. The quantitative estimate of drug-likeness (QED) is 0.519. The molecule has 0 saturated heterocycles. The van der Waals surface area contributed by atoms with E-state index in [0.29, 0.717) is 0 Å². The number of benzene rings is 2. The first-order valence-electron chi connectivity index (χ1n) is 6.32. The highest BCUT2D eigenvalue weighted by molar-refractivity contribution is 8.01. The van der Waals surface area contributed by atoms with E-state index in [-0.39, 0.29) is 0 Å². The predicted octanol–water partition coefficient (Wildman–Crippen LogP) is 6.29. The molecule has 3 heteroatoms. The molecule has 0 bridgehead atoms. The Bertz CT molecular complexity index is 686. The van der Waals surface area contributed by atoms with Crippen molar-refractivity contribution in [3.63, 3.8) is 0 Å². The third-order valence-electron chi connectivity index (χ3n) is 2.90. The van der Waals surface area contributed by atoms with Crippen LogP contribution in [0.15, 0.2) is 80.7 Å². The van der Waals surface area contributed by atoms with Gasteiger partial charge >= 0.3 is 0 Å². The van der Waals surface area contributed by atoms with Gasteiger partial charge in [0.15, 0.2) is 0 Å². The fraction of sp³-hybridized carbons (Fsp3) is 0.0588. The number of thiophene rings is 1. The second-order valence-corrected chi connectivity index (χ2v) is 7.60. The van der Waals surface area contributed by atoms with Gasteiger partial charge in [-0.2, -0.15) is 0 Å². The van der Waals surface area contributed by atoms with Crippen molar-refractivity contribution in [3.8, 4) is 10.4 Å². The van der Waals surface area contributed by atoms with Crippen molar-refractivity contribution in [2.75, 3.05) is 6.26 Å². The van der Waals surface area contributed by atoms with Crippen molar-refractivity contribution < 1.29 is 0 Å². The van der Waals surface area contributed by atoms with Crippen LogP contribution in [0.1, 0.15) is 0 Å². The van der Waals surface area contributed by atoms with Gasteiger partial charge in [0.05, 0.1) is 4.21 Å². The predicted molar refractivity (Wildman–Crippen MR) is 92.1 cm³/mol. The first-order valence-corrected chi connectivity index (χ1v) is 9.18. The van der Waals surface area contributed by atoms with E-state index >= 15 is 0 Å². The summed E-state index contributed by atoms with van der Waals surface area (Å²) in [5.41, 5.74) is 1.31. The second-order valence-electron chi connectivity index (χ2n) is 4.27. The summed E-state index contributed by atoms with van der Waals surface area (Å²) in [7, 11) is 0. The Morgan fingerprint density at radius 1 is 0.800 bits per heavy atom. The molecule has 20 heavy (non-hydrogen) atoms. The van der Waals surface area contributed by atoms with Crippen LogP contribution in [0.5, 0.6) is 0 Å². The zero-order valence-electron chi connectivity index (χ0n) is 11.1. The third kappa shape index (κ3) is 3.29. The van der Waals surface area contributed by atoms with Gasteiger partial charge in [-0.15, -0.1) is 23.1 Å². The fourth-order valence-electron chi connectivity index (χ4n) is 1.91. The number of hydrogen-bond acceptors (Lipinski definition) is 3. The molecule has 0 N–H and O–H groups in total. The molecule has 0 aliphatic carbocycles. The van der Waals surface area contributed by atoms with Crippen LogP contribution in [-0.4, -0.2) is 6.26 Å². The first kappa shape index (κ1) is 13.8. The molecule has 0 nitrogen and oxygen atoms in total. The van der Waals surface area contributed by atoms with Crippen LogP contribution in [0.25, 0.3) is 10.4 Å². The zero-order chi connectivity index (χ0) is 13.8. The molecule has 2 aromatic carbocycles. The molecule has 0 radical (unpaired) electrons. The van der Waals surface area contributed by atoms with Crippen molar-refractivity contribution in [3.05, 3.63) is 66.7 Å². The highest BCUT2D eigenvalue weighted by Crippen LogP contribution is 2.38. The summed E-state index contributed by atoms with van der Waals surface area (Å²) in [4.78, 5) is 3.94. The molecule has 3 rings (SSSR count). The van der Waals surface area contributed by atoms with Crippen molar-refractivity contribution in [2.24, 2.45) is 0 Å². The van der Waals surface area contributed by atoms with Gasteiger partial charge in [0.1, 0.15) is 0 Å². The van der Waals surface area contributed by atoms with Crippen molar-refractivity contribution in [1.82, 2.24) is 0 Å². The molecule has 100 valence electrons. The maximum Gasteiger partial charge on any atom is 0.0652 e. The Labute approximate surface area is 132 Å². The van der Waals surface area contributed by atoms with Crippen LogP contribution in [-0.2, 0) is 0 Å². The van der Waals surface area contributed by atoms with Crippen molar-refractivity contribution >= 4 is 34.9 Å². The third-order valence-corrected chi connectivity index (χ3v) is 5.90. The summed E-state index contributed by atoms with van der Waals surface area (Å²) < 4.78 is 1.33. The van der Waals surface area contributed by atoms with Gasteiger partial charge in [0.25, 0.3) is 0 Å². The van der Waals surface area contributed by atoms with Crippen molar-refractivity contribution in [2.45, 2.75) is 14.0 Å². The van der Waals surface area contributed by atoms with Gasteiger partial charge in [0.2, 0.25) is 0 Å². The summed E-state index contributed by atoms with van der Waals surface area (Å²) in [5.74, 6) is 0. The van der Waals surface area contributed by atoms with E-state index in [2.05, 4.69) is 73.0 Å². The molecule has 0 aliphatic rings. The van der Waals surface area contributed by atoms with Crippen LogP contribution in [0, 0.1) is 0 Å². The van der Waals surface area contributed by atoms with Gasteiger partial charge < -0.3 is 0 Å². The number of thioether (sulfide) groups is 1. The summed E-state index contributed by atoms with van der Waals surface area (Å²) >= 11 is 5.47. The minimum atomic E-state index is 1.29. The Balaban J connectivity index is 1.83. The Morgan fingerprint density at radius 2 is 1.60 bits per heavy atom. The van der Waals surface area contributed by atoms with E-state index < -0.39 is 0 Å². The molecule has 0 aliphatic heterocycles. The van der Waals surface area contributed by atoms with Gasteiger partial charge in [0, 0.05) is 14.7 Å². The maximum atomic E-state index is 2.26. The maximum absolute atomic E-state index is 2.26. The van der Waals surface area contributed by atoms with Gasteiger partial charge in [-0.1, -0.05) is 42.1 Å². The van der Waals surface area contributed by atoms with Gasteiger partial charge in [-0.05, 0) is 48.2 Å². The first-order chi connectivity index (χ1) is 9.85. The standard InChI is InChI=1S/C17H14S3/c1-18-15-9-5-6-13(12-15)16-10-11-17(20-16)19-14-7-3-2-4-8-14/h2-12H,1H3. The zero-order valence-corrected chi connectivity index (χ0v) is 13.5. The molecule has 0 unspecified atom stereocenters. The van der Waals surface area contributed by atoms with Crippen LogP contribution in [0.3, 0.4) is 0 Å². The molecular weight excluding hydrogens is 300 g/mol. The average molecular weight is 314 g/mol. The van der Waals surface area contributed by atoms with E-state index in [1.807, 2.05) is 23.1 Å². The lowest BCUT2D eigenvalue weighted by Crippen LogP contribution is -1.73. The largest absolute Gasteiger partial charge is 0.130 e. The normalized spacial score (nSPS) is 10.7. The van der Waals surface area contributed by atoms with Crippen LogP contribution in [0.4, 0.5) is 0 Å². The van der Waals surface area contributed by atoms with Gasteiger partial charge in [-0.3, -0.25) is 0 Å². The van der Waals surface area contributed by atoms with Crippen LogP contribution >= 0.6 is 34.9 Å². The lowest BCUT2D eigenvalue weighted by molar-refractivity contribution is 1.46. The molecule has 0 atom stereocenters. The number of rotatable bonds is 4. The van der Waals surface area contributed by atoms with Crippen LogP contribution < -0.4 is 0 Å². The van der Waals surface area contributed by atoms with E-state index in [1.165, 1.54) is 24.4 Å². The summed E-state index contributed by atoms with van der Waals surface area (Å²) in [6.45, 7) is 0. The van der Waals surface area contributed by atoms with E-state index in [0.717, 1.165) is 0 Å². The lowest BCUT2D eigenvalue weighted by atomic mass is 10.2. The number of hydrogen-bond donors (Lipinski definition) is 0. The highest BCUT2D eigenvalue weighted by Gasteiger charge is 2.05. The molecule has 1 heterocycles. The Hall–Kier alpha value is -1.16. The van der Waals surface area contributed by atoms with E-state index in [1.54, 1.807) is 11.8 Å². The summed E-state index contributed by atoms with van der Waals surface area (Å²) in [6.07, 6.45) is 2.12.